The first-order valence-electron chi connectivity index (χ1n) is 9.02. The van der Waals surface area contributed by atoms with E-state index in [1.807, 2.05) is 0 Å². The highest BCUT2D eigenvalue weighted by atomic mass is 32.2. The summed E-state index contributed by atoms with van der Waals surface area (Å²) in [7, 11) is -2.18. The molecule has 0 atom stereocenters. The number of phenols is 1. The predicted molar refractivity (Wildman–Crippen MR) is 102 cm³/mol. The van der Waals surface area contributed by atoms with Crippen LogP contribution in [0.2, 0.25) is 0 Å². The number of hydrogen-bond donors (Lipinski definition) is 3. The molecule has 1 aromatic carbocycles. The van der Waals surface area contributed by atoms with Crippen molar-refractivity contribution in [2.24, 2.45) is 5.41 Å². The Bertz CT molecular complexity index is 1120. The maximum atomic E-state index is 15.2. The van der Waals surface area contributed by atoms with E-state index in [0.717, 1.165) is 26.2 Å². The summed E-state index contributed by atoms with van der Waals surface area (Å²) in [5, 5.41) is 17.1. The first-order chi connectivity index (χ1) is 13.7. The summed E-state index contributed by atoms with van der Waals surface area (Å²) in [6.45, 7) is 3.26. The lowest BCUT2D eigenvalue weighted by Gasteiger charge is -2.59. The molecular weight excluding hydrogens is 403 g/mol. The normalized spacial score (nSPS) is 22.5. The molecule has 0 saturated carbocycles. The van der Waals surface area contributed by atoms with Gasteiger partial charge in [0.1, 0.15) is 18.0 Å². The van der Waals surface area contributed by atoms with Gasteiger partial charge in [0.25, 0.3) is 5.91 Å². The molecule has 5 rings (SSSR count). The van der Waals surface area contributed by atoms with E-state index >= 15 is 4.39 Å². The zero-order valence-corrected chi connectivity index (χ0v) is 16.3. The standard InChI is InChI=1S/C17H19FN6O4S/c1-22-6-17(7-22)8-23(9-17)13-4-11(19-20-13)10-2-3-12(25)16(15(10)18)24-5-14(26)21-29(24,27)28/h2-4,25H,5-9H2,1H3,(H,19,20)(H,21,26). The van der Waals surface area contributed by atoms with Crippen LogP contribution in [0, 0.1) is 11.2 Å². The number of aromatic amines is 1. The van der Waals surface area contributed by atoms with Gasteiger partial charge >= 0.3 is 10.2 Å². The second kappa shape index (κ2) is 5.83. The van der Waals surface area contributed by atoms with Crippen molar-refractivity contribution in [2.45, 2.75) is 0 Å². The maximum Gasteiger partial charge on any atom is 0.326 e. The summed E-state index contributed by atoms with van der Waals surface area (Å²) in [6.07, 6.45) is 0. The van der Waals surface area contributed by atoms with Crippen molar-refractivity contribution in [2.75, 3.05) is 49.0 Å². The second-order valence-electron chi connectivity index (χ2n) is 8.00. The van der Waals surface area contributed by atoms with Gasteiger partial charge in [-0.3, -0.25) is 9.89 Å². The third-order valence-corrected chi connectivity index (χ3v) is 6.98. The molecule has 3 aliphatic rings. The molecule has 2 aromatic rings. The minimum Gasteiger partial charge on any atom is -0.506 e. The molecule has 0 unspecified atom stereocenters. The van der Waals surface area contributed by atoms with Crippen molar-refractivity contribution in [3.8, 4) is 17.0 Å². The van der Waals surface area contributed by atoms with Crippen molar-refractivity contribution < 1.29 is 22.7 Å². The number of hydrogen-bond acceptors (Lipinski definition) is 7. The van der Waals surface area contributed by atoms with Gasteiger partial charge in [0.05, 0.1) is 5.69 Å². The molecule has 154 valence electrons. The maximum absolute atomic E-state index is 15.2. The van der Waals surface area contributed by atoms with Crippen LogP contribution in [0.25, 0.3) is 11.3 Å². The predicted octanol–water partition coefficient (Wildman–Crippen LogP) is -0.146. The highest BCUT2D eigenvalue weighted by Gasteiger charge is 2.51. The molecular formula is C17H19FN6O4S. The number of carbonyl (C=O) groups excluding carboxylic acids is 1. The van der Waals surface area contributed by atoms with Crippen molar-refractivity contribution in [3.05, 3.63) is 24.0 Å². The molecule has 10 nitrogen and oxygen atoms in total. The molecule has 1 spiro atoms. The van der Waals surface area contributed by atoms with Gasteiger partial charge in [0, 0.05) is 43.2 Å². The lowest BCUT2D eigenvalue weighted by molar-refractivity contribution is -0.117. The van der Waals surface area contributed by atoms with E-state index in [9.17, 15) is 18.3 Å². The van der Waals surface area contributed by atoms with E-state index < -0.39 is 39.9 Å². The Hall–Kier alpha value is -2.86. The van der Waals surface area contributed by atoms with Gasteiger partial charge in [-0.2, -0.15) is 13.5 Å². The summed E-state index contributed by atoms with van der Waals surface area (Å²) in [4.78, 5) is 15.8. The van der Waals surface area contributed by atoms with Gasteiger partial charge in [-0.25, -0.2) is 13.4 Å². The van der Waals surface area contributed by atoms with Gasteiger partial charge in [0.15, 0.2) is 11.6 Å². The molecule has 12 heteroatoms. The van der Waals surface area contributed by atoms with Crippen molar-refractivity contribution in [1.82, 2.24) is 19.8 Å². The van der Waals surface area contributed by atoms with E-state index in [4.69, 9.17) is 0 Å². The van der Waals surface area contributed by atoms with Crippen LogP contribution in [0.3, 0.4) is 0 Å². The van der Waals surface area contributed by atoms with Crippen molar-refractivity contribution >= 4 is 27.6 Å². The lowest BCUT2D eigenvalue weighted by atomic mass is 9.73. The van der Waals surface area contributed by atoms with Crippen LogP contribution in [-0.4, -0.2) is 74.3 Å². The molecule has 3 N–H and O–H groups in total. The summed E-state index contributed by atoms with van der Waals surface area (Å²) in [6, 6.07) is 4.22. The zero-order valence-electron chi connectivity index (χ0n) is 15.5. The molecule has 4 heterocycles. The summed E-state index contributed by atoms with van der Waals surface area (Å²) in [5.41, 5.74) is 0.137. The first kappa shape index (κ1) is 18.2. The number of carbonyl (C=O) groups is 1. The number of rotatable bonds is 3. The Balaban J connectivity index is 1.44. The molecule has 3 aliphatic heterocycles. The van der Waals surface area contributed by atoms with Crippen molar-refractivity contribution in [3.63, 3.8) is 0 Å². The quantitative estimate of drug-likeness (QED) is 0.629. The van der Waals surface area contributed by atoms with Gasteiger partial charge < -0.3 is 14.9 Å². The number of anilines is 2. The number of amides is 1. The third kappa shape index (κ3) is 2.74. The lowest BCUT2D eigenvalue weighted by Crippen LogP contribution is -2.71. The van der Waals surface area contributed by atoms with Crippen LogP contribution in [-0.2, 0) is 15.0 Å². The smallest absolute Gasteiger partial charge is 0.326 e. The van der Waals surface area contributed by atoms with Gasteiger partial charge in [0.2, 0.25) is 0 Å². The van der Waals surface area contributed by atoms with E-state index in [2.05, 4.69) is 27.0 Å². The fourth-order valence-electron chi connectivity index (χ4n) is 4.48. The fourth-order valence-corrected chi connectivity index (χ4v) is 5.64. The molecule has 1 aromatic heterocycles. The Labute approximate surface area is 166 Å². The SMILES string of the molecule is CN1CC2(C1)CN(c1cc(-c3ccc(O)c(N4CC(=O)NS4(=O)=O)c3F)[nH]n1)C2. The Morgan fingerprint density at radius 1 is 1.24 bits per heavy atom. The molecule has 1 amide bonds. The van der Waals surface area contributed by atoms with Gasteiger partial charge in [-0.05, 0) is 19.2 Å². The Morgan fingerprint density at radius 3 is 2.59 bits per heavy atom. The molecule has 0 bridgehead atoms. The highest BCUT2D eigenvalue weighted by molar-refractivity contribution is 7.92. The van der Waals surface area contributed by atoms with Crippen LogP contribution in [0.15, 0.2) is 18.2 Å². The molecule has 29 heavy (non-hydrogen) atoms. The Kier molecular flexibility index (Phi) is 3.65. The molecule has 3 fully saturated rings. The molecule has 0 aliphatic carbocycles. The van der Waals surface area contributed by atoms with E-state index in [1.165, 1.54) is 12.1 Å². The number of phenolic OH excluding ortho intramolecular Hbond substituents is 1. The second-order valence-corrected chi connectivity index (χ2v) is 9.59. The van der Waals surface area contributed by atoms with E-state index in [1.54, 1.807) is 10.8 Å². The van der Waals surface area contributed by atoms with Crippen LogP contribution >= 0.6 is 0 Å². The number of aromatic hydroxyl groups is 1. The number of nitrogens with one attached hydrogen (secondary N) is 2. The van der Waals surface area contributed by atoms with E-state index in [0.29, 0.717) is 21.2 Å². The topological polar surface area (TPSA) is 122 Å². The fraction of sp³-hybridized carbons (Fsp3) is 0.412. The van der Waals surface area contributed by atoms with Crippen LogP contribution in [0.5, 0.6) is 5.75 Å². The van der Waals surface area contributed by atoms with Gasteiger partial charge in [-0.1, -0.05) is 0 Å². The third-order valence-electron chi connectivity index (χ3n) is 5.61. The molecule has 3 saturated heterocycles. The van der Waals surface area contributed by atoms with Crippen LogP contribution < -0.4 is 13.9 Å². The summed E-state index contributed by atoms with van der Waals surface area (Å²) < 4.78 is 41.6. The minimum absolute atomic E-state index is 0.0460. The van der Waals surface area contributed by atoms with Gasteiger partial charge in [-0.15, -0.1) is 0 Å². The summed E-state index contributed by atoms with van der Waals surface area (Å²) >= 11 is 0. The monoisotopic (exact) mass is 422 g/mol. The summed E-state index contributed by atoms with van der Waals surface area (Å²) in [5.74, 6) is -1.66. The number of benzene rings is 1. The van der Waals surface area contributed by atoms with Crippen LogP contribution in [0.1, 0.15) is 0 Å². The largest absolute Gasteiger partial charge is 0.506 e. The number of nitrogens with zero attached hydrogens (tertiary/aromatic N) is 4. The van der Waals surface area contributed by atoms with Crippen LogP contribution in [0.4, 0.5) is 15.9 Å². The number of H-pyrrole nitrogens is 1. The minimum atomic E-state index is -4.25. The van der Waals surface area contributed by atoms with E-state index in [-0.39, 0.29) is 5.56 Å². The van der Waals surface area contributed by atoms with Crippen molar-refractivity contribution in [1.29, 1.82) is 0 Å². The Morgan fingerprint density at radius 2 is 1.97 bits per heavy atom. The number of halogens is 1. The highest BCUT2D eigenvalue weighted by Crippen LogP contribution is 2.42. The number of aromatic nitrogens is 2. The zero-order chi connectivity index (χ0) is 20.6. The molecule has 0 radical (unpaired) electrons. The first-order valence-corrected chi connectivity index (χ1v) is 10.5. The average Bonchev–Trinajstić information content (AvgIpc) is 3.14. The number of likely N-dealkylation sites (tertiary alicyclic amines) is 1. The average molecular weight is 422 g/mol.